The summed E-state index contributed by atoms with van der Waals surface area (Å²) in [5.74, 6) is -1.28. The Morgan fingerprint density at radius 3 is 2.62 bits per heavy atom. The number of hydrogen-bond acceptors (Lipinski definition) is 1. The lowest BCUT2D eigenvalue weighted by Gasteiger charge is -2.06. The second-order valence-electron chi connectivity index (χ2n) is 3.84. The van der Waals surface area contributed by atoms with Gasteiger partial charge in [0.1, 0.15) is 5.84 Å². The van der Waals surface area contributed by atoms with E-state index in [0.29, 0.717) is 18.0 Å². The highest BCUT2D eigenvalue weighted by molar-refractivity contribution is 9.10. The van der Waals surface area contributed by atoms with E-state index in [4.69, 9.17) is 5.73 Å². The van der Waals surface area contributed by atoms with Crippen LogP contribution in [0.5, 0.6) is 0 Å². The van der Waals surface area contributed by atoms with E-state index in [9.17, 15) is 8.78 Å². The van der Waals surface area contributed by atoms with E-state index in [1.54, 1.807) is 0 Å². The summed E-state index contributed by atoms with van der Waals surface area (Å²) in [5, 5.41) is 0. The number of rotatable bonds is 3. The van der Waals surface area contributed by atoms with E-state index in [0.717, 1.165) is 6.07 Å². The van der Waals surface area contributed by atoms with E-state index >= 15 is 0 Å². The maximum atomic E-state index is 13.2. The van der Waals surface area contributed by atoms with Crippen molar-refractivity contribution in [1.82, 2.24) is 0 Å². The Labute approximate surface area is 102 Å². The van der Waals surface area contributed by atoms with Crippen LogP contribution in [0.15, 0.2) is 21.6 Å². The van der Waals surface area contributed by atoms with Crippen LogP contribution in [-0.2, 0) is 0 Å². The number of nitrogens with zero attached hydrogens (tertiary/aromatic N) is 1. The van der Waals surface area contributed by atoms with E-state index < -0.39 is 11.6 Å². The van der Waals surface area contributed by atoms with E-state index in [1.165, 1.54) is 6.07 Å². The van der Waals surface area contributed by atoms with Crippen LogP contribution >= 0.6 is 15.9 Å². The van der Waals surface area contributed by atoms with Crippen molar-refractivity contribution in [2.24, 2.45) is 16.6 Å². The Balaban J connectivity index is 3.05. The molecule has 0 atom stereocenters. The molecule has 0 aliphatic heterocycles. The van der Waals surface area contributed by atoms with Gasteiger partial charge in [-0.3, -0.25) is 4.99 Å². The molecule has 0 heterocycles. The zero-order chi connectivity index (χ0) is 12.3. The summed E-state index contributed by atoms with van der Waals surface area (Å²) in [4.78, 5) is 4.10. The van der Waals surface area contributed by atoms with Crippen molar-refractivity contribution in [3.63, 3.8) is 0 Å². The van der Waals surface area contributed by atoms with Crippen molar-refractivity contribution >= 4 is 21.8 Å². The van der Waals surface area contributed by atoms with E-state index in [1.807, 2.05) is 13.8 Å². The molecule has 0 bridgehead atoms. The highest BCUT2D eigenvalue weighted by Crippen LogP contribution is 2.22. The standard InChI is InChI=1S/C11H13BrF2N2/c1-6(2)5-16-11(15)7-3-4-8(13)10(14)9(7)12/h3-4,6H,5H2,1-2H3,(H2,15,16). The highest BCUT2D eigenvalue weighted by Gasteiger charge is 2.13. The molecule has 88 valence electrons. The van der Waals surface area contributed by atoms with E-state index in [2.05, 4.69) is 20.9 Å². The molecule has 0 radical (unpaired) electrons. The molecule has 0 unspecified atom stereocenters. The molecule has 1 aromatic carbocycles. The molecule has 0 fully saturated rings. The summed E-state index contributed by atoms with van der Waals surface area (Å²) in [7, 11) is 0. The Bertz CT molecular complexity index is 417. The smallest absolute Gasteiger partial charge is 0.173 e. The van der Waals surface area contributed by atoms with Crippen LogP contribution in [0.3, 0.4) is 0 Å². The van der Waals surface area contributed by atoms with Crippen LogP contribution in [0.2, 0.25) is 0 Å². The number of aliphatic imine (C=N–C) groups is 1. The summed E-state index contributed by atoms with van der Waals surface area (Å²) in [6.07, 6.45) is 0. The fourth-order valence-corrected chi connectivity index (χ4v) is 1.61. The van der Waals surface area contributed by atoms with Gasteiger partial charge in [-0.1, -0.05) is 13.8 Å². The minimum Gasteiger partial charge on any atom is -0.383 e. The summed E-state index contributed by atoms with van der Waals surface area (Å²) >= 11 is 2.96. The van der Waals surface area contributed by atoms with Crippen molar-refractivity contribution in [3.8, 4) is 0 Å². The second-order valence-corrected chi connectivity index (χ2v) is 4.64. The predicted octanol–water partition coefficient (Wildman–Crippen LogP) is 3.09. The second kappa shape index (κ2) is 5.39. The molecule has 0 amide bonds. The predicted molar refractivity (Wildman–Crippen MR) is 64.5 cm³/mol. The molecule has 5 heteroatoms. The SMILES string of the molecule is CC(C)CN=C(N)c1ccc(F)c(F)c1Br. The van der Waals surface area contributed by atoms with Gasteiger partial charge in [0.2, 0.25) is 0 Å². The first-order valence-electron chi connectivity index (χ1n) is 4.87. The van der Waals surface area contributed by atoms with Gasteiger partial charge < -0.3 is 5.73 Å². The van der Waals surface area contributed by atoms with Gasteiger partial charge in [-0.05, 0) is 34.0 Å². The molecule has 0 spiro atoms. The first-order valence-corrected chi connectivity index (χ1v) is 5.66. The average molecular weight is 291 g/mol. The normalized spacial score (nSPS) is 12.2. The molecule has 16 heavy (non-hydrogen) atoms. The molecule has 2 nitrogen and oxygen atoms in total. The number of benzene rings is 1. The van der Waals surface area contributed by atoms with Gasteiger partial charge in [-0.25, -0.2) is 8.78 Å². The number of hydrogen-bond donors (Lipinski definition) is 1. The lowest BCUT2D eigenvalue weighted by Crippen LogP contribution is -2.16. The largest absolute Gasteiger partial charge is 0.383 e. The zero-order valence-corrected chi connectivity index (χ0v) is 10.7. The molecule has 2 N–H and O–H groups in total. The third-order valence-electron chi connectivity index (χ3n) is 1.94. The van der Waals surface area contributed by atoms with Crippen molar-refractivity contribution < 1.29 is 8.78 Å². The summed E-state index contributed by atoms with van der Waals surface area (Å²) in [6.45, 7) is 4.55. The van der Waals surface area contributed by atoms with Gasteiger partial charge in [-0.15, -0.1) is 0 Å². The fraction of sp³-hybridized carbons (Fsp3) is 0.364. The molecule has 0 saturated heterocycles. The molecular formula is C11H13BrF2N2. The van der Waals surface area contributed by atoms with Crippen LogP contribution in [0, 0.1) is 17.6 Å². The molecule has 0 aliphatic carbocycles. The maximum Gasteiger partial charge on any atom is 0.173 e. The van der Waals surface area contributed by atoms with Gasteiger partial charge >= 0.3 is 0 Å². The van der Waals surface area contributed by atoms with Crippen LogP contribution in [-0.4, -0.2) is 12.4 Å². The minimum atomic E-state index is -0.944. The van der Waals surface area contributed by atoms with Gasteiger partial charge in [0, 0.05) is 12.1 Å². The van der Waals surface area contributed by atoms with Crippen LogP contribution in [0.1, 0.15) is 19.4 Å². The maximum absolute atomic E-state index is 13.2. The van der Waals surface area contributed by atoms with Crippen molar-refractivity contribution in [2.45, 2.75) is 13.8 Å². The van der Waals surface area contributed by atoms with Gasteiger partial charge in [-0.2, -0.15) is 0 Å². The molecule has 1 rings (SSSR count). The third kappa shape index (κ3) is 3.01. The fourth-order valence-electron chi connectivity index (χ4n) is 1.09. The first-order chi connectivity index (χ1) is 7.43. The Kier molecular flexibility index (Phi) is 4.41. The van der Waals surface area contributed by atoms with Gasteiger partial charge in [0.25, 0.3) is 0 Å². The molecule has 0 aromatic heterocycles. The first kappa shape index (κ1) is 13.1. The zero-order valence-electron chi connectivity index (χ0n) is 9.10. The molecule has 1 aromatic rings. The average Bonchev–Trinajstić information content (AvgIpc) is 2.23. The van der Waals surface area contributed by atoms with Crippen LogP contribution < -0.4 is 5.73 Å². The highest BCUT2D eigenvalue weighted by atomic mass is 79.9. The van der Waals surface area contributed by atoms with Crippen LogP contribution in [0.4, 0.5) is 8.78 Å². The Hall–Kier alpha value is -0.970. The molecule has 0 saturated carbocycles. The van der Waals surface area contributed by atoms with Gasteiger partial charge in [0.05, 0.1) is 4.47 Å². The summed E-state index contributed by atoms with van der Waals surface area (Å²) in [6, 6.07) is 2.44. The Morgan fingerprint density at radius 2 is 2.06 bits per heavy atom. The lowest BCUT2D eigenvalue weighted by atomic mass is 10.2. The Morgan fingerprint density at radius 1 is 1.44 bits per heavy atom. The quantitative estimate of drug-likeness (QED) is 0.519. The van der Waals surface area contributed by atoms with Gasteiger partial charge in [0.15, 0.2) is 11.6 Å². The summed E-state index contributed by atoms with van der Waals surface area (Å²) < 4.78 is 26.1. The third-order valence-corrected chi connectivity index (χ3v) is 2.71. The minimum absolute atomic E-state index is 0.0116. The van der Waals surface area contributed by atoms with Crippen molar-refractivity contribution in [1.29, 1.82) is 0 Å². The van der Waals surface area contributed by atoms with Crippen LogP contribution in [0.25, 0.3) is 0 Å². The number of nitrogens with two attached hydrogens (primary N) is 1. The monoisotopic (exact) mass is 290 g/mol. The topological polar surface area (TPSA) is 38.4 Å². The number of amidine groups is 1. The molecular weight excluding hydrogens is 278 g/mol. The van der Waals surface area contributed by atoms with E-state index in [-0.39, 0.29) is 10.3 Å². The molecule has 0 aliphatic rings. The van der Waals surface area contributed by atoms with Crippen molar-refractivity contribution in [2.75, 3.05) is 6.54 Å². The van der Waals surface area contributed by atoms with Crippen molar-refractivity contribution in [3.05, 3.63) is 33.8 Å². The summed E-state index contributed by atoms with van der Waals surface area (Å²) in [5.41, 5.74) is 6.07. The number of halogens is 3. The lowest BCUT2D eigenvalue weighted by molar-refractivity contribution is 0.504.